The zero-order valence-electron chi connectivity index (χ0n) is 6.01. The van der Waals surface area contributed by atoms with E-state index in [4.69, 9.17) is 11.6 Å². The van der Waals surface area contributed by atoms with Crippen molar-refractivity contribution in [1.82, 2.24) is 9.97 Å². The highest BCUT2D eigenvalue weighted by atomic mass is 35.5. The van der Waals surface area contributed by atoms with Crippen LogP contribution >= 0.6 is 11.6 Å². The number of fused-ring (bicyclic) bond motifs is 1. The predicted molar refractivity (Wildman–Crippen MR) is 39.6 cm³/mol. The highest BCUT2D eigenvalue weighted by Crippen LogP contribution is 2.38. The number of aromatic nitrogens is 2. The van der Waals surface area contributed by atoms with Gasteiger partial charge < -0.3 is 5.32 Å². The van der Waals surface area contributed by atoms with Crippen molar-refractivity contribution in [2.24, 2.45) is 0 Å². The Morgan fingerprint density at radius 3 is 2.92 bits per heavy atom. The molecule has 0 atom stereocenters. The molecule has 4 nitrogen and oxygen atoms in total. The molecular weight excluding hydrogens is 204 g/mol. The molecule has 13 heavy (non-hydrogen) atoms. The normalized spacial score (nSPS) is 18.2. The lowest BCUT2D eigenvalue weighted by molar-refractivity contribution is -0.139. The number of carbonyl (C=O) groups is 1. The average Bonchev–Trinajstić information content (AvgIpc) is 2.23. The fraction of sp³-hybridized carbons (Fsp3) is 0.167. The molecule has 1 aliphatic heterocycles. The third-order valence-electron chi connectivity index (χ3n) is 1.61. The van der Waals surface area contributed by atoms with Gasteiger partial charge in [0.1, 0.15) is 5.82 Å². The molecule has 1 aromatic rings. The second-order valence-electron chi connectivity index (χ2n) is 2.43. The lowest BCUT2D eigenvalue weighted by Crippen LogP contribution is -2.23. The van der Waals surface area contributed by atoms with Crippen LogP contribution in [0.1, 0.15) is 5.56 Å². The molecule has 1 aliphatic rings. The largest absolute Gasteiger partial charge is 0.355 e. The number of hydrogen-bond donors (Lipinski definition) is 1. The van der Waals surface area contributed by atoms with Crippen LogP contribution in [0.3, 0.4) is 0 Å². The van der Waals surface area contributed by atoms with Crippen molar-refractivity contribution in [2.75, 3.05) is 5.32 Å². The van der Waals surface area contributed by atoms with Gasteiger partial charge in [-0.05, 0) is 11.6 Å². The summed E-state index contributed by atoms with van der Waals surface area (Å²) >= 11 is 5.35. The molecule has 0 unspecified atom stereocenters. The van der Waals surface area contributed by atoms with Gasteiger partial charge in [-0.15, -0.1) is 0 Å². The van der Waals surface area contributed by atoms with E-state index < -0.39 is 17.4 Å². The Bertz CT molecular complexity index is 395. The summed E-state index contributed by atoms with van der Waals surface area (Å²) in [7, 11) is 0. The number of hydrogen-bond acceptors (Lipinski definition) is 3. The molecule has 7 heteroatoms. The molecule has 68 valence electrons. The third kappa shape index (κ3) is 1.06. The number of nitrogens with one attached hydrogen (secondary N) is 1. The molecule has 0 saturated carbocycles. The number of halogens is 3. The molecule has 1 N–H and O–H groups in total. The van der Waals surface area contributed by atoms with Crippen LogP contribution in [0.25, 0.3) is 0 Å². The molecule has 0 aromatic carbocycles. The van der Waals surface area contributed by atoms with Gasteiger partial charge in [0.15, 0.2) is 0 Å². The van der Waals surface area contributed by atoms with E-state index in [1.54, 1.807) is 0 Å². The van der Waals surface area contributed by atoms with E-state index >= 15 is 0 Å². The van der Waals surface area contributed by atoms with Crippen molar-refractivity contribution < 1.29 is 13.6 Å². The minimum Gasteiger partial charge on any atom is -0.305 e. The molecule has 1 aromatic heterocycles. The summed E-state index contributed by atoms with van der Waals surface area (Å²) in [5.41, 5.74) is -0.540. The Morgan fingerprint density at radius 1 is 1.54 bits per heavy atom. The predicted octanol–water partition coefficient (Wildman–Crippen LogP) is 1.17. The van der Waals surface area contributed by atoms with Gasteiger partial charge in [-0.1, -0.05) is 0 Å². The van der Waals surface area contributed by atoms with Gasteiger partial charge >= 0.3 is 11.8 Å². The summed E-state index contributed by atoms with van der Waals surface area (Å²) in [5.74, 6) is -5.19. The van der Waals surface area contributed by atoms with E-state index in [2.05, 4.69) is 9.97 Å². The topological polar surface area (TPSA) is 54.9 Å². The third-order valence-corrected chi connectivity index (χ3v) is 1.80. The molecule has 0 bridgehead atoms. The van der Waals surface area contributed by atoms with E-state index in [1.165, 1.54) is 0 Å². The van der Waals surface area contributed by atoms with Crippen molar-refractivity contribution >= 4 is 23.3 Å². The monoisotopic (exact) mass is 205 g/mol. The molecule has 0 radical (unpaired) electrons. The summed E-state index contributed by atoms with van der Waals surface area (Å²) in [5, 5.41) is 1.72. The van der Waals surface area contributed by atoms with Crippen LogP contribution in [0.2, 0.25) is 5.28 Å². The lowest BCUT2D eigenvalue weighted by Gasteiger charge is -2.03. The standard InChI is InChI=1S/C6H2ClF2N3O/c7-5-10-1-2-3(12-5)11-4(13)6(2,8)9/h1H,(H,10,11,12,13). The van der Waals surface area contributed by atoms with Crippen LogP contribution in [0.4, 0.5) is 14.6 Å². The number of carbonyl (C=O) groups excluding carboxylic acids is 1. The van der Waals surface area contributed by atoms with E-state index in [9.17, 15) is 13.6 Å². The minimum absolute atomic E-state index is 0.184. The minimum atomic E-state index is -3.56. The summed E-state index contributed by atoms with van der Waals surface area (Å²) < 4.78 is 25.9. The van der Waals surface area contributed by atoms with Crippen molar-refractivity contribution in [1.29, 1.82) is 0 Å². The fourth-order valence-electron chi connectivity index (χ4n) is 0.994. The van der Waals surface area contributed by atoms with Crippen LogP contribution in [0.5, 0.6) is 0 Å². The number of amides is 1. The first-order chi connectivity index (χ1) is 6.01. The molecule has 0 fully saturated rings. The first-order valence-electron chi connectivity index (χ1n) is 3.24. The maximum absolute atomic E-state index is 12.9. The van der Waals surface area contributed by atoms with Gasteiger partial charge in [0.2, 0.25) is 5.28 Å². The smallest absolute Gasteiger partial charge is 0.305 e. The second-order valence-corrected chi connectivity index (χ2v) is 2.77. The van der Waals surface area contributed by atoms with Crippen LogP contribution in [0.15, 0.2) is 6.20 Å². The van der Waals surface area contributed by atoms with Gasteiger partial charge in [-0.3, -0.25) is 4.79 Å². The maximum atomic E-state index is 12.9. The van der Waals surface area contributed by atoms with Gasteiger partial charge in [0.05, 0.1) is 5.56 Å². The highest BCUT2D eigenvalue weighted by molar-refractivity contribution is 6.28. The fourth-order valence-corrected chi connectivity index (χ4v) is 1.13. The van der Waals surface area contributed by atoms with Crippen LogP contribution in [-0.4, -0.2) is 15.9 Å². The Balaban J connectivity index is 2.62. The first kappa shape index (κ1) is 8.31. The molecule has 2 heterocycles. The number of rotatable bonds is 0. The van der Waals surface area contributed by atoms with E-state index in [1.807, 2.05) is 5.32 Å². The Hall–Kier alpha value is -1.30. The molecule has 1 amide bonds. The number of alkyl halides is 2. The van der Waals surface area contributed by atoms with Crippen molar-refractivity contribution in [3.8, 4) is 0 Å². The average molecular weight is 206 g/mol. The number of anilines is 1. The Kier molecular flexibility index (Phi) is 1.50. The van der Waals surface area contributed by atoms with Crippen LogP contribution in [-0.2, 0) is 10.7 Å². The zero-order valence-corrected chi connectivity index (χ0v) is 6.77. The summed E-state index contributed by atoms with van der Waals surface area (Å²) in [6.45, 7) is 0. The molecule has 0 aliphatic carbocycles. The van der Waals surface area contributed by atoms with Gasteiger partial charge in [0, 0.05) is 6.20 Å². The number of nitrogens with zero attached hydrogens (tertiary/aromatic N) is 2. The quantitative estimate of drug-likeness (QED) is 0.647. The van der Waals surface area contributed by atoms with Crippen molar-refractivity contribution in [3.05, 3.63) is 17.0 Å². The lowest BCUT2D eigenvalue weighted by atomic mass is 10.2. The van der Waals surface area contributed by atoms with Crippen molar-refractivity contribution in [3.63, 3.8) is 0 Å². The second kappa shape index (κ2) is 2.35. The summed E-state index contributed by atoms with van der Waals surface area (Å²) in [6, 6.07) is 0. The van der Waals surface area contributed by atoms with E-state index in [-0.39, 0.29) is 11.1 Å². The van der Waals surface area contributed by atoms with Crippen LogP contribution in [0, 0.1) is 0 Å². The first-order valence-corrected chi connectivity index (χ1v) is 3.62. The van der Waals surface area contributed by atoms with Gasteiger partial charge in [-0.25, -0.2) is 4.98 Å². The SMILES string of the molecule is O=C1Nc2nc(Cl)ncc2C1(F)F. The van der Waals surface area contributed by atoms with Crippen LogP contribution < -0.4 is 5.32 Å². The summed E-state index contributed by atoms with van der Waals surface area (Å²) in [6.07, 6.45) is 0.836. The van der Waals surface area contributed by atoms with Gasteiger partial charge in [0.25, 0.3) is 0 Å². The molecular formula is C6H2ClF2N3O. The zero-order chi connectivity index (χ0) is 9.64. The summed E-state index contributed by atoms with van der Waals surface area (Å²) in [4.78, 5) is 17.5. The van der Waals surface area contributed by atoms with E-state index in [0.29, 0.717) is 0 Å². The molecule has 0 saturated heterocycles. The van der Waals surface area contributed by atoms with E-state index in [0.717, 1.165) is 6.20 Å². The molecule has 2 rings (SSSR count). The Labute approximate surface area is 75.9 Å². The Morgan fingerprint density at radius 2 is 2.23 bits per heavy atom. The highest BCUT2D eigenvalue weighted by Gasteiger charge is 2.49. The maximum Gasteiger partial charge on any atom is 0.355 e. The van der Waals surface area contributed by atoms with Crippen molar-refractivity contribution in [2.45, 2.75) is 5.92 Å². The van der Waals surface area contributed by atoms with Gasteiger partial charge in [-0.2, -0.15) is 13.8 Å². The molecule has 0 spiro atoms.